The van der Waals surface area contributed by atoms with E-state index < -0.39 is 6.17 Å². The second-order valence-electron chi connectivity index (χ2n) is 8.95. The molecule has 0 N–H and O–H groups in total. The fourth-order valence-corrected chi connectivity index (χ4v) is 7.06. The number of rotatable bonds is 0. The van der Waals surface area contributed by atoms with Crippen molar-refractivity contribution in [3.05, 3.63) is 0 Å². The van der Waals surface area contributed by atoms with Crippen LogP contribution in [0.5, 0.6) is 0 Å². The summed E-state index contributed by atoms with van der Waals surface area (Å²) >= 11 is 0. The summed E-state index contributed by atoms with van der Waals surface area (Å²) in [6.07, 6.45) is 8.83. The Balaban J connectivity index is 1.66. The van der Waals surface area contributed by atoms with Crippen LogP contribution >= 0.6 is 0 Å². The van der Waals surface area contributed by atoms with Crippen molar-refractivity contribution >= 4 is 5.78 Å². The molecule has 0 spiro atoms. The minimum Gasteiger partial charge on any atom is -0.299 e. The Hall–Kier alpha value is -0.400. The first-order chi connectivity index (χ1) is 9.95. The lowest BCUT2D eigenvalue weighted by molar-refractivity contribution is -0.141. The molecule has 4 aliphatic rings. The van der Waals surface area contributed by atoms with Gasteiger partial charge in [-0.15, -0.1) is 0 Å². The third-order valence-corrected chi connectivity index (χ3v) is 8.26. The quantitative estimate of drug-likeness (QED) is 0.618. The lowest BCUT2D eigenvalue weighted by Gasteiger charge is -2.59. The molecule has 0 aromatic carbocycles. The summed E-state index contributed by atoms with van der Waals surface area (Å²) in [6, 6.07) is 0. The molecule has 0 aromatic rings. The first-order valence-electron chi connectivity index (χ1n) is 9.12. The number of halogens is 1. The molecular formula is C19H29FO. The molecule has 0 aliphatic heterocycles. The molecule has 0 radical (unpaired) electrons. The molecule has 4 rings (SSSR count). The molecule has 21 heavy (non-hydrogen) atoms. The molecule has 7 atom stereocenters. The van der Waals surface area contributed by atoms with Crippen molar-refractivity contribution in [2.75, 3.05) is 0 Å². The molecule has 0 heterocycles. The van der Waals surface area contributed by atoms with Gasteiger partial charge in [-0.05, 0) is 80.5 Å². The molecule has 0 amide bonds. The molecule has 0 saturated heterocycles. The number of fused-ring (bicyclic) bond motifs is 5. The van der Waals surface area contributed by atoms with Crippen LogP contribution in [0.3, 0.4) is 0 Å². The molecule has 2 heteroatoms. The smallest absolute Gasteiger partial charge is 0.139 e. The number of carbonyl (C=O) groups is 1. The summed E-state index contributed by atoms with van der Waals surface area (Å²) in [5.41, 5.74) is 0.182. The van der Waals surface area contributed by atoms with E-state index in [0.29, 0.717) is 23.5 Å². The molecule has 4 aliphatic carbocycles. The summed E-state index contributed by atoms with van der Waals surface area (Å²) in [5.74, 6) is 3.24. The topological polar surface area (TPSA) is 17.1 Å². The van der Waals surface area contributed by atoms with Gasteiger partial charge in [0.15, 0.2) is 0 Å². The highest BCUT2D eigenvalue weighted by molar-refractivity contribution is 5.87. The fraction of sp³-hybridized carbons (Fsp3) is 0.947. The second-order valence-corrected chi connectivity index (χ2v) is 8.95. The number of Topliss-reactive ketones (excluding diaryl/α,β-unsaturated/α-hetero) is 1. The van der Waals surface area contributed by atoms with E-state index in [2.05, 4.69) is 13.8 Å². The van der Waals surface area contributed by atoms with Gasteiger partial charge in [-0.25, -0.2) is 4.39 Å². The van der Waals surface area contributed by atoms with Crippen LogP contribution in [0.15, 0.2) is 0 Å². The number of hydrogen-bond donors (Lipinski definition) is 0. The van der Waals surface area contributed by atoms with Crippen molar-refractivity contribution in [1.29, 1.82) is 0 Å². The fourth-order valence-electron chi connectivity index (χ4n) is 7.06. The third-order valence-electron chi connectivity index (χ3n) is 8.26. The Morgan fingerprint density at radius 3 is 2.57 bits per heavy atom. The van der Waals surface area contributed by atoms with Crippen LogP contribution in [-0.2, 0) is 4.79 Å². The van der Waals surface area contributed by atoms with Gasteiger partial charge >= 0.3 is 0 Å². The Kier molecular flexibility index (Phi) is 3.08. The van der Waals surface area contributed by atoms with E-state index >= 15 is 0 Å². The maximum atomic E-state index is 14.1. The maximum Gasteiger partial charge on any atom is 0.139 e. The lowest BCUT2D eigenvalue weighted by Crippen LogP contribution is -2.54. The normalized spacial score (nSPS) is 56.5. The van der Waals surface area contributed by atoms with E-state index in [4.69, 9.17) is 0 Å². The Morgan fingerprint density at radius 1 is 1.00 bits per heavy atom. The van der Waals surface area contributed by atoms with E-state index in [1.165, 1.54) is 19.3 Å². The highest BCUT2D eigenvalue weighted by Crippen LogP contribution is 2.65. The van der Waals surface area contributed by atoms with Gasteiger partial charge in [0.25, 0.3) is 0 Å². The first-order valence-corrected chi connectivity index (χ1v) is 9.12. The predicted octanol–water partition coefficient (Wildman–Crippen LogP) is 4.94. The van der Waals surface area contributed by atoms with Crippen molar-refractivity contribution < 1.29 is 9.18 Å². The van der Waals surface area contributed by atoms with Gasteiger partial charge in [0.2, 0.25) is 0 Å². The molecule has 0 aromatic heterocycles. The van der Waals surface area contributed by atoms with Crippen LogP contribution in [-0.4, -0.2) is 12.0 Å². The van der Waals surface area contributed by atoms with Crippen molar-refractivity contribution in [1.82, 2.24) is 0 Å². The molecule has 1 nitrogen and oxygen atoms in total. The summed E-state index contributed by atoms with van der Waals surface area (Å²) in [7, 11) is 0. The summed E-state index contributed by atoms with van der Waals surface area (Å²) < 4.78 is 14.1. The SMILES string of the molecule is C[C@]12C[C@@H](F)CCC1CC[C@@H]1[C@@H]2CC[C@]2(C)C(=O)CC[C@@H]12. The van der Waals surface area contributed by atoms with Gasteiger partial charge in [-0.2, -0.15) is 0 Å². The van der Waals surface area contributed by atoms with Crippen LogP contribution in [0.4, 0.5) is 4.39 Å². The highest BCUT2D eigenvalue weighted by atomic mass is 19.1. The van der Waals surface area contributed by atoms with Gasteiger partial charge in [-0.1, -0.05) is 13.8 Å². The Labute approximate surface area is 128 Å². The van der Waals surface area contributed by atoms with Gasteiger partial charge in [-0.3, -0.25) is 4.79 Å². The van der Waals surface area contributed by atoms with Gasteiger partial charge in [0, 0.05) is 11.8 Å². The van der Waals surface area contributed by atoms with Crippen LogP contribution in [0.1, 0.15) is 71.6 Å². The van der Waals surface area contributed by atoms with Crippen LogP contribution in [0.25, 0.3) is 0 Å². The third kappa shape index (κ3) is 1.83. The van der Waals surface area contributed by atoms with Crippen molar-refractivity contribution in [2.45, 2.75) is 77.8 Å². The summed E-state index contributed by atoms with van der Waals surface area (Å²) in [5, 5.41) is 0. The monoisotopic (exact) mass is 292 g/mol. The second kappa shape index (κ2) is 4.55. The zero-order valence-corrected chi connectivity index (χ0v) is 13.5. The minimum absolute atomic E-state index is 0.0336. The standard InChI is InChI=1S/C19H29FO/c1-18-10-9-16-14(15(18)7-8-17(18)21)6-4-12-3-5-13(20)11-19(12,16)2/h12-16H,3-11H2,1-2H3/t12?,13-,14-,15-,16-,18-,19-/m0/s1. The predicted molar refractivity (Wildman–Crippen MR) is 81.6 cm³/mol. The Bertz CT molecular complexity index is 460. The van der Waals surface area contributed by atoms with Crippen molar-refractivity contribution in [2.24, 2.45) is 34.5 Å². The number of ketones is 1. The van der Waals surface area contributed by atoms with E-state index in [9.17, 15) is 9.18 Å². The number of alkyl halides is 1. The van der Waals surface area contributed by atoms with Gasteiger partial charge < -0.3 is 0 Å². The van der Waals surface area contributed by atoms with E-state index in [1.807, 2.05) is 0 Å². The molecule has 4 saturated carbocycles. The molecule has 4 fully saturated rings. The average molecular weight is 292 g/mol. The number of hydrogen-bond acceptors (Lipinski definition) is 1. The minimum atomic E-state index is -0.580. The largest absolute Gasteiger partial charge is 0.299 e. The van der Waals surface area contributed by atoms with E-state index in [1.54, 1.807) is 0 Å². The van der Waals surface area contributed by atoms with Crippen LogP contribution in [0, 0.1) is 34.5 Å². The van der Waals surface area contributed by atoms with Gasteiger partial charge in [0.1, 0.15) is 12.0 Å². The van der Waals surface area contributed by atoms with Gasteiger partial charge in [0.05, 0.1) is 0 Å². The zero-order chi connectivity index (χ0) is 14.8. The molecular weight excluding hydrogens is 263 g/mol. The number of carbonyl (C=O) groups excluding carboxylic acids is 1. The molecule has 1 unspecified atom stereocenters. The molecule has 118 valence electrons. The zero-order valence-electron chi connectivity index (χ0n) is 13.5. The summed E-state index contributed by atoms with van der Waals surface area (Å²) in [6.45, 7) is 4.62. The highest BCUT2D eigenvalue weighted by Gasteiger charge is 2.60. The maximum absolute atomic E-state index is 14.1. The summed E-state index contributed by atoms with van der Waals surface area (Å²) in [4.78, 5) is 12.4. The first kappa shape index (κ1) is 14.2. The van der Waals surface area contributed by atoms with Crippen LogP contribution in [0.2, 0.25) is 0 Å². The lowest BCUT2D eigenvalue weighted by atomic mass is 9.45. The van der Waals surface area contributed by atoms with E-state index in [-0.39, 0.29) is 10.8 Å². The molecule has 0 bridgehead atoms. The van der Waals surface area contributed by atoms with E-state index in [0.717, 1.165) is 44.4 Å². The Morgan fingerprint density at radius 2 is 1.76 bits per heavy atom. The van der Waals surface area contributed by atoms with Crippen molar-refractivity contribution in [3.8, 4) is 0 Å². The average Bonchev–Trinajstić information content (AvgIpc) is 2.74. The van der Waals surface area contributed by atoms with Crippen LogP contribution < -0.4 is 0 Å². The van der Waals surface area contributed by atoms with Crippen molar-refractivity contribution in [3.63, 3.8) is 0 Å².